The third kappa shape index (κ3) is 1.76. The van der Waals surface area contributed by atoms with Gasteiger partial charge in [0.2, 0.25) is 0 Å². The smallest absolute Gasteiger partial charge is 0.0314 e. The van der Waals surface area contributed by atoms with E-state index in [4.69, 9.17) is 5.73 Å². The van der Waals surface area contributed by atoms with Gasteiger partial charge in [0, 0.05) is 5.70 Å². The zero-order valence-corrected chi connectivity index (χ0v) is 7.30. The first-order chi connectivity index (χ1) is 5.61. The molecule has 0 saturated carbocycles. The molecule has 12 heavy (non-hydrogen) atoms. The Balaban J connectivity index is 3.01. The largest absolute Gasteiger partial charge is 0.399 e. The molecule has 0 atom stereocenters. The molecule has 0 spiro atoms. The van der Waals surface area contributed by atoms with E-state index in [2.05, 4.69) is 13.2 Å². The van der Waals surface area contributed by atoms with Crippen molar-refractivity contribution in [3.63, 3.8) is 0 Å². The first-order valence-electron chi connectivity index (χ1n) is 3.82. The lowest BCUT2D eigenvalue weighted by Gasteiger charge is -2.02. The summed E-state index contributed by atoms with van der Waals surface area (Å²) in [6.45, 7) is 9.48. The SMILES string of the molecule is C=C(C)c1ccc(C(=C)N)cc1. The molecule has 0 saturated heterocycles. The maximum absolute atomic E-state index is 5.52. The maximum atomic E-state index is 5.52. The second-order valence-electron chi connectivity index (χ2n) is 2.88. The summed E-state index contributed by atoms with van der Waals surface area (Å²) in [4.78, 5) is 0. The second-order valence-corrected chi connectivity index (χ2v) is 2.88. The van der Waals surface area contributed by atoms with Crippen LogP contribution in [0.1, 0.15) is 18.1 Å². The van der Waals surface area contributed by atoms with Crippen LogP contribution >= 0.6 is 0 Å². The summed E-state index contributed by atoms with van der Waals surface area (Å²) in [5.74, 6) is 0. The lowest BCUT2D eigenvalue weighted by atomic mass is 10.1. The molecule has 1 aromatic rings. The van der Waals surface area contributed by atoms with Gasteiger partial charge in [-0.3, -0.25) is 0 Å². The van der Waals surface area contributed by atoms with E-state index < -0.39 is 0 Å². The number of nitrogens with two attached hydrogens (primary N) is 1. The molecule has 62 valence electrons. The maximum Gasteiger partial charge on any atom is 0.0314 e. The van der Waals surface area contributed by atoms with E-state index >= 15 is 0 Å². The molecule has 1 heteroatoms. The Hall–Kier alpha value is -1.50. The quantitative estimate of drug-likeness (QED) is 0.705. The first-order valence-corrected chi connectivity index (χ1v) is 3.82. The Labute approximate surface area is 73.2 Å². The standard InChI is InChI=1S/C11H13N/c1-8(2)10-4-6-11(7-5-10)9(3)12/h4-7H,1,3,12H2,2H3. The van der Waals surface area contributed by atoms with Crippen molar-refractivity contribution >= 4 is 11.3 Å². The minimum atomic E-state index is 0.600. The van der Waals surface area contributed by atoms with Gasteiger partial charge >= 0.3 is 0 Å². The van der Waals surface area contributed by atoms with E-state index in [0.29, 0.717) is 5.70 Å². The summed E-state index contributed by atoms with van der Waals surface area (Å²) in [7, 11) is 0. The molecular weight excluding hydrogens is 146 g/mol. The molecular formula is C11H13N. The van der Waals surface area contributed by atoms with Crippen LogP contribution in [0, 0.1) is 0 Å². The van der Waals surface area contributed by atoms with Gasteiger partial charge in [-0.15, -0.1) is 0 Å². The van der Waals surface area contributed by atoms with Crippen molar-refractivity contribution < 1.29 is 0 Å². The molecule has 0 radical (unpaired) electrons. The fraction of sp³-hybridized carbons (Fsp3) is 0.0909. The average Bonchev–Trinajstić information content (AvgIpc) is 2.04. The van der Waals surface area contributed by atoms with Crippen molar-refractivity contribution in [2.24, 2.45) is 5.73 Å². The third-order valence-electron chi connectivity index (χ3n) is 1.75. The van der Waals surface area contributed by atoms with E-state index in [1.165, 1.54) is 0 Å². The molecule has 0 amide bonds. The lowest BCUT2D eigenvalue weighted by molar-refractivity contribution is 1.50. The van der Waals surface area contributed by atoms with Crippen LogP contribution in [0.5, 0.6) is 0 Å². The van der Waals surface area contributed by atoms with Crippen LogP contribution < -0.4 is 5.73 Å². The highest BCUT2D eigenvalue weighted by atomic mass is 14.6. The predicted molar refractivity (Wildman–Crippen MR) is 54.4 cm³/mol. The van der Waals surface area contributed by atoms with E-state index in [1.807, 2.05) is 31.2 Å². The molecule has 2 N–H and O–H groups in total. The topological polar surface area (TPSA) is 26.0 Å². The summed E-state index contributed by atoms with van der Waals surface area (Å²) < 4.78 is 0. The average molecular weight is 159 g/mol. The van der Waals surface area contributed by atoms with Gasteiger partial charge in [-0.1, -0.05) is 43.0 Å². The number of hydrogen-bond donors (Lipinski definition) is 1. The Morgan fingerprint density at radius 2 is 1.50 bits per heavy atom. The Bertz CT molecular complexity index is 273. The number of rotatable bonds is 2. The van der Waals surface area contributed by atoms with E-state index in [1.54, 1.807) is 0 Å². The van der Waals surface area contributed by atoms with Crippen molar-refractivity contribution in [1.29, 1.82) is 0 Å². The van der Waals surface area contributed by atoms with E-state index in [9.17, 15) is 0 Å². The molecule has 1 aromatic carbocycles. The van der Waals surface area contributed by atoms with Gasteiger partial charge in [0.1, 0.15) is 0 Å². The van der Waals surface area contributed by atoms with E-state index in [0.717, 1.165) is 16.7 Å². The fourth-order valence-electron chi connectivity index (χ4n) is 0.969. The first kappa shape index (κ1) is 8.60. The molecule has 1 rings (SSSR count). The Morgan fingerprint density at radius 3 is 1.83 bits per heavy atom. The summed E-state index contributed by atoms with van der Waals surface area (Å²) in [6, 6.07) is 7.89. The molecule has 0 aliphatic carbocycles. The summed E-state index contributed by atoms with van der Waals surface area (Å²) >= 11 is 0. The molecule has 0 aliphatic heterocycles. The van der Waals surface area contributed by atoms with Crippen molar-refractivity contribution in [1.82, 2.24) is 0 Å². The highest BCUT2D eigenvalue weighted by molar-refractivity contribution is 5.66. The van der Waals surface area contributed by atoms with E-state index in [-0.39, 0.29) is 0 Å². The molecule has 0 fully saturated rings. The summed E-state index contributed by atoms with van der Waals surface area (Å²) in [5.41, 5.74) is 9.29. The van der Waals surface area contributed by atoms with Crippen LogP contribution in [0.3, 0.4) is 0 Å². The van der Waals surface area contributed by atoms with Crippen LogP contribution in [-0.4, -0.2) is 0 Å². The predicted octanol–water partition coefficient (Wildman–Crippen LogP) is 2.65. The van der Waals surface area contributed by atoms with Crippen LogP contribution in [0.2, 0.25) is 0 Å². The zero-order chi connectivity index (χ0) is 9.14. The minimum Gasteiger partial charge on any atom is -0.399 e. The zero-order valence-electron chi connectivity index (χ0n) is 7.30. The van der Waals surface area contributed by atoms with Gasteiger partial charge in [-0.05, 0) is 18.1 Å². The van der Waals surface area contributed by atoms with Crippen LogP contribution in [0.25, 0.3) is 11.3 Å². The molecule has 0 heterocycles. The molecule has 0 bridgehead atoms. The van der Waals surface area contributed by atoms with Crippen LogP contribution in [0.4, 0.5) is 0 Å². The Kier molecular flexibility index (Phi) is 2.34. The molecule has 0 unspecified atom stereocenters. The van der Waals surface area contributed by atoms with Crippen LogP contribution in [-0.2, 0) is 0 Å². The van der Waals surface area contributed by atoms with Gasteiger partial charge < -0.3 is 5.73 Å². The number of hydrogen-bond acceptors (Lipinski definition) is 1. The van der Waals surface area contributed by atoms with Crippen molar-refractivity contribution in [3.8, 4) is 0 Å². The number of allylic oxidation sites excluding steroid dienone is 1. The monoisotopic (exact) mass is 159 g/mol. The van der Waals surface area contributed by atoms with Crippen LogP contribution in [0.15, 0.2) is 37.4 Å². The van der Waals surface area contributed by atoms with Gasteiger partial charge in [0.25, 0.3) is 0 Å². The normalized spacial score (nSPS) is 9.42. The highest BCUT2D eigenvalue weighted by Gasteiger charge is 1.94. The molecule has 0 aromatic heterocycles. The molecule has 0 aliphatic rings. The summed E-state index contributed by atoms with van der Waals surface area (Å²) in [6.07, 6.45) is 0. The second kappa shape index (κ2) is 3.26. The van der Waals surface area contributed by atoms with Gasteiger partial charge in [-0.2, -0.15) is 0 Å². The Morgan fingerprint density at radius 1 is 1.08 bits per heavy atom. The highest BCUT2D eigenvalue weighted by Crippen LogP contribution is 2.14. The number of benzene rings is 1. The lowest BCUT2D eigenvalue weighted by Crippen LogP contribution is -1.93. The van der Waals surface area contributed by atoms with Crippen molar-refractivity contribution in [2.45, 2.75) is 6.92 Å². The van der Waals surface area contributed by atoms with Crippen molar-refractivity contribution in [2.75, 3.05) is 0 Å². The molecule has 1 nitrogen and oxygen atoms in total. The minimum absolute atomic E-state index is 0.600. The van der Waals surface area contributed by atoms with Gasteiger partial charge in [0.05, 0.1) is 0 Å². The van der Waals surface area contributed by atoms with Gasteiger partial charge in [-0.25, -0.2) is 0 Å². The third-order valence-corrected chi connectivity index (χ3v) is 1.75. The van der Waals surface area contributed by atoms with Crippen molar-refractivity contribution in [3.05, 3.63) is 48.6 Å². The fourth-order valence-corrected chi connectivity index (χ4v) is 0.969. The summed E-state index contributed by atoms with van der Waals surface area (Å²) in [5, 5.41) is 0. The van der Waals surface area contributed by atoms with Gasteiger partial charge in [0.15, 0.2) is 0 Å².